The van der Waals surface area contributed by atoms with Crippen molar-refractivity contribution in [2.24, 2.45) is 5.92 Å². The number of nitrogens with zero attached hydrogens (tertiary/aromatic N) is 1. The van der Waals surface area contributed by atoms with Gasteiger partial charge in [0.15, 0.2) is 17.2 Å². The van der Waals surface area contributed by atoms with E-state index in [0.717, 1.165) is 26.2 Å². The standard InChI is InChI=1S/C25H21F5N2O4/c1-11-18(13-6-7-16(26)19(27)22(13)35-4)23(36-24(11,2)25(28,29)30)20-15(10-31)21(33)14-9-12(34-3)5-8-17(14)32-20/h5-9,11,18,23H,1-4H3,(H,32,33)/t11-,18-,23+,24+/m0/s1. The van der Waals surface area contributed by atoms with E-state index in [9.17, 15) is 32.0 Å². The summed E-state index contributed by atoms with van der Waals surface area (Å²) >= 11 is 0. The number of H-pyrrole nitrogens is 1. The van der Waals surface area contributed by atoms with Gasteiger partial charge in [0.2, 0.25) is 11.2 Å². The van der Waals surface area contributed by atoms with Crippen LogP contribution < -0.4 is 14.9 Å². The van der Waals surface area contributed by atoms with E-state index in [1.807, 2.05) is 0 Å². The van der Waals surface area contributed by atoms with Crippen LogP contribution in [0.3, 0.4) is 0 Å². The maximum atomic E-state index is 14.6. The molecule has 36 heavy (non-hydrogen) atoms. The first-order valence-corrected chi connectivity index (χ1v) is 10.8. The SMILES string of the molecule is COc1ccc2[nH]c([C@@H]3O[C@@](C)(C(F)(F)F)[C@@H](C)[C@H]3c3ccc(F)c(F)c3OC)c(C#N)c(=O)c2c1. The van der Waals surface area contributed by atoms with Crippen molar-refractivity contribution in [3.63, 3.8) is 0 Å². The molecule has 1 saturated heterocycles. The van der Waals surface area contributed by atoms with E-state index in [0.29, 0.717) is 5.75 Å². The summed E-state index contributed by atoms with van der Waals surface area (Å²) in [4.78, 5) is 16.1. The lowest BCUT2D eigenvalue weighted by Crippen LogP contribution is -2.46. The van der Waals surface area contributed by atoms with Gasteiger partial charge in [0.05, 0.1) is 25.3 Å². The van der Waals surface area contributed by atoms with E-state index < -0.39 is 58.1 Å². The average molecular weight is 508 g/mol. The van der Waals surface area contributed by atoms with E-state index in [1.165, 1.54) is 32.2 Å². The zero-order chi connectivity index (χ0) is 26.6. The Balaban J connectivity index is 2.03. The molecule has 11 heteroatoms. The molecule has 3 aromatic rings. The molecule has 0 unspecified atom stereocenters. The van der Waals surface area contributed by atoms with E-state index >= 15 is 0 Å². The molecule has 4 atom stereocenters. The lowest BCUT2D eigenvalue weighted by molar-refractivity contribution is -0.275. The molecule has 1 N–H and O–H groups in total. The van der Waals surface area contributed by atoms with Gasteiger partial charge < -0.3 is 19.2 Å². The van der Waals surface area contributed by atoms with Gasteiger partial charge in [-0.2, -0.15) is 22.8 Å². The third-order valence-electron chi connectivity index (χ3n) is 6.95. The molecular formula is C25H21F5N2O4. The molecule has 2 heterocycles. The number of benzene rings is 2. The lowest BCUT2D eigenvalue weighted by Gasteiger charge is -2.32. The van der Waals surface area contributed by atoms with Crippen molar-refractivity contribution in [3.05, 3.63) is 69.0 Å². The van der Waals surface area contributed by atoms with Gasteiger partial charge in [-0.05, 0) is 31.2 Å². The molecule has 0 saturated carbocycles. The van der Waals surface area contributed by atoms with Gasteiger partial charge in [0, 0.05) is 22.9 Å². The number of methoxy groups -OCH3 is 2. The van der Waals surface area contributed by atoms with Crippen LogP contribution in [0.2, 0.25) is 0 Å². The largest absolute Gasteiger partial charge is 0.497 e. The van der Waals surface area contributed by atoms with Crippen LogP contribution in [-0.2, 0) is 4.74 Å². The first-order valence-electron chi connectivity index (χ1n) is 10.8. The van der Waals surface area contributed by atoms with Crippen LogP contribution >= 0.6 is 0 Å². The first kappa shape index (κ1) is 25.4. The molecule has 0 spiro atoms. The van der Waals surface area contributed by atoms with Crippen molar-refractivity contribution in [3.8, 4) is 17.6 Å². The molecule has 0 aliphatic carbocycles. The molecule has 4 rings (SSSR count). The van der Waals surface area contributed by atoms with Crippen molar-refractivity contribution in [2.75, 3.05) is 14.2 Å². The summed E-state index contributed by atoms with van der Waals surface area (Å²) in [5.74, 6) is -5.50. The van der Waals surface area contributed by atoms with Crippen LogP contribution in [0.1, 0.15) is 42.7 Å². The van der Waals surface area contributed by atoms with Gasteiger partial charge in [-0.1, -0.05) is 13.0 Å². The second-order valence-electron chi connectivity index (χ2n) is 8.71. The Kier molecular flexibility index (Phi) is 6.21. The number of pyridine rings is 1. The topological polar surface area (TPSA) is 84.3 Å². The Bertz CT molecular complexity index is 1450. The molecule has 190 valence electrons. The maximum Gasteiger partial charge on any atom is 0.417 e. The highest BCUT2D eigenvalue weighted by Crippen LogP contribution is 2.59. The maximum absolute atomic E-state index is 14.6. The lowest BCUT2D eigenvalue weighted by atomic mass is 9.76. The molecule has 6 nitrogen and oxygen atoms in total. The molecular weight excluding hydrogens is 487 g/mol. The van der Waals surface area contributed by atoms with Gasteiger partial charge in [-0.3, -0.25) is 4.79 Å². The van der Waals surface area contributed by atoms with Crippen molar-refractivity contribution in [1.29, 1.82) is 5.26 Å². The van der Waals surface area contributed by atoms with Crippen molar-refractivity contribution in [1.82, 2.24) is 4.98 Å². The quantitative estimate of drug-likeness (QED) is 0.470. The van der Waals surface area contributed by atoms with Crippen LogP contribution in [0.4, 0.5) is 22.0 Å². The van der Waals surface area contributed by atoms with Crippen LogP contribution in [0, 0.1) is 28.9 Å². The highest BCUT2D eigenvalue weighted by molar-refractivity contribution is 5.82. The summed E-state index contributed by atoms with van der Waals surface area (Å²) in [5.41, 5.74) is -4.05. The molecule has 1 aromatic heterocycles. The summed E-state index contributed by atoms with van der Waals surface area (Å²) in [6, 6.07) is 8.06. The Labute approximate surface area is 202 Å². The summed E-state index contributed by atoms with van der Waals surface area (Å²) in [6.07, 6.45) is -6.43. The zero-order valence-corrected chi connectivity index (χ0v) is 19.6. The van der Waals surface area contributed by atoms with Crippen LogP contribution in [0.15, 0.2) is 35.1 Å². The first-order chi connectivity index (χ1) is 16.9. The number of hydrogen-bond acceptors (Lipinski definition) is 5. The Hall–Kier alpha value is -3.65. The third kappa shape index (κ3) is 3.67. The van der Waals surface area contributed by atoms with E-state index in [2.05, 4.69) is 4.98 Å². The average Bonchev–Trinajstić information content (AvgIpc) is 3.12. The van der Waals surface area contributed by atoms with Crippen LogP contribution in [0.5, 0.6) is 11.5 Å². The minimum atomic E-state index is -4.87. The molecule has 0 radical (unpaired) electrons. The Morgan fingerprint density at radius 1 is 1.14 bits per heavy atom. The van der Waals surface area contributed by atoms with E-state index in [4.69, 9.17) is 14.2 Å². The molecule has 1 fully saturated rings. The second-order valence-corrected chi connectivity index (χ2v) is 8.71. The molecule has 0 bridgehead atoms. The van der Waals surface area contributed by atoms with Crippen LogP contribution in [0.25, 0.3) is 10.9 Å². The van der Waals surface area contributed by atoms with Gasteiger partial charge in [0.1, 0.15) is 23.5 Å². The monoisotopic (exact) mass is 508 g/mol. The summed E-state index contributed by atoms with van der Waals surface area (Å²) in [6.45, 7) is 2.10. The Morgan fingerprint density at radius 2 is 1.83 bits per heavy atom. The van der Waals surface area contributed by atoms with Crippen molar-refractivity contribution < 1.29 is 36.2 Å². The number of fused-ring (bicyclic) bond motifs is 1. The highest BCUT2D eigenvalue weighted by atomic mass is 19.4. The van der Waals surface area contributed by atoms with Gasteiger partial charge in [-0.25, -0.2) is 4.39 Å². The number of hydrogen-bond donors (Lipinski definition) is 1. The summed E-state index contributed by atoms with van der Waals surface area (Å²) in [5, 5.41) is 9.91. The molecule has 1 aliphatic heterocycles. The molecule has 2 aromatic carbocycles. The van der Waals surface area contributed by atoms with Crippen molar-refractivity contribution in [2.45, 2.75) is 37.6 Å². The number of nitrogens with one attached hydrogen (secondary N) is 1. The number of alkyl halides is 3. The zero-order valence-electron chi connectivity index (χ0n) is 19.6. The predicted molar refractivity (Wildman–Crippen MR) is 119 cm³/mol. The number of aromatic amines is 1. The fourth-order valence-corrected chi connectivity index (χ4v) is 4.80. The number of nitriles is 1. The minimum absolute atomic E-state index is 0.0845. The number of halogens is 5. The normalized spacial score (nSPS) is 24.1. The Morgan fingerprint density at radius 3 is 2.42 bits per heavy atom. The minimum Gasteiger partial charge on any atom is -0.497 e. The fourth-order valence-electron chi connectivity index (χ4n) is 4.80. The smallest absolute Gasteiger partial charge is 0.417 e. The predicted octanol–water partition coefficient (Wildman–Crippen LogP) is 5.51. The van der Waals surface area contributed by atoms with E-state index in [-0.39, 0.29) is 22.2 Å². The highest BCUT2D eigenvalue weighted by Gasteiger charge is 2.65. The second kappa shape index (κ2) is 8.78. The summed E-state index contributed by atoms with van der Waals surface area (Å²) in [7, 11) is 2.45. The van der Waals surface area contributed by atoms with Gasteiger partial charge in [0.25, 0.3) is 0 Å². The molecule has 0 amide bonds. The number of aromatic nitrogens is 1. The summed E-state index contributed by atoms with van der Waals surface area (Å²) < 4.78 is 87.0. The van der Waals surface area contributed by atoms with Crippen molar-refractivity contribution >= 4 is 10.9 Å². The number of rotatable bonds is 4. The number of ether oxygens (including phenoxy) is 3. The van der Waals surface area contributed by atoms with E-state index in [1.54, 1.807) is 6.07 Å². The van der Waals surface area contributed by atoms with Gasteiger partial charge >= 0.3 is 6.18 Å². The fraction of sp³-hybridized carbons (Fsp3) is 0.360. The van der Waals surface area contributed by atoms with Gasteiger partial charge in [-0.15, -0.1) is 0 Å². The van der Waals surface area contributed by atoms with Crippen LogP contribution in [-0.4, -0.2) is 31.0 Å². The third-order valence-corrected chi connectivity index (χ3v) is 6.95. The molecule has 1 aliphatic rings.